The van der Waals surface area contributed by atoms with Crippen LogP contribution in [0.5, 0.6) is 0 Å². The third-order valence-electron chi connectivity index (χ3n) is 4.33. The highest BCUT2D eigenvalue weighted by atomic mass is 16.6. The summed E-state index contributed by atoms with van der Waals surface area (Å²) in [5, 5.41) is 14.5. The number of likely N-dealkylation sites (N-methyl/N-ethyl adjacent to an activating group) is 1. The second-order valence-corrected chi connectivity index (χ2v) is 5.88. The summed E-state index contributed by atoms with van der Waals surface area (Å²) in [4.78, 5) is 13.0. The molecule has 0 saturated carbocycles. The fourth-order valence-electron chi connectivity index (χ4n) is 3.05. The van der Waals surface area contributed by atoms with Crippen molar-refractivity contribution in [2.75, 3.05) is 20.1 Å². The smallest absolute Gasteiger partial charge is 0.269 e. The number of benzene rings is 1. The van der Waals surface area contributed by atoms with Gasteiger partial charge in [-0.05, 0) is 38.4 Å². The number of nitro groups is 1. The van der Waals surface area contributed by atoms with Gasteiger partial charge < -0.3 is 10.2 Å². The highest BCUT2D eigenvalue weighted by molar-refractivity contribution is 5.35. The van der Waals surface area contributed by atoms with Gasteiger partial charge in [-0.3, -0.25) is 10.1 Å². The van der Waals surface area contributed by atoms with Crippen LogP contribution in [0.4, 0.5) is 5.69 Å². The third-order valence-corrected chi connectivity index (χ3v) is 4.33. The Morgan fingerprint density at radius 1 is 1.52 bits per heavy atom. The van der Waals surface area contributed by atoms with Gasteiger partial charge in [-0.15, -0.1) is 0 Å². The SMILES string of the molecule is CCCC(NCC1CCCN1C)c1cccc([N+](=O)[O-])c1. The van der Waals surface area contributed by atoms with Crippen molar-refractivity contribution in [1.82, 2.24) is 10.2 Å². The van der Waals surface area contributed by atoms with Gasteiger partial charge in [-0.2, -0.15) is 0 Å². The van der Waals surface area contributed by atoms with Gasteiger partial charge in [0.2, 0.25) is 0 Å². The fourth-order valence-corrected chi connectivity index (χ4v) is 3.05. The van der Waals surface area contributed by atoms with E-state index in [1.807, 2.05) is 6.07 Å². The first-order valence-corrected chi connectivity index (χ1v) is 7.79. The van der Waals surface area contributed by atoms with Crippen LogP contribution in [0.2, 0.25) is 0 Å². The molecule has 0 amide bonds. The van der Waals surface area contributed by atoms with E-state index in [2.05, 4.69) is 24.2 Å². The minimum atomic E-state index is -0.322. The normalized spacial score (nSPS) is 20.6. The van der Waals surface area contributed by atoms with E-state index in [1.165, 1.54) is 19.4 Å². The molecule has 2 atom stereocenters. The van der Waals surface area contributed by atoms with Gasteiger partial charge in [0, 0.05) is 30.8 Å². The Labute approximate surface area is 126 Å². The Bertz CT molecular complexity index is 478. The number of nitrogens with zero attached hydrogens (tertiary/aromatic N) is 2. The molecule has 5 nitrogen and oxygen atoms in total. The molecule has 1 aromatic carbocycles. The molecule has 1 saturated heterocycles. The van der Waals surface area contributed by atoms with Crippen molar-refractivity contribution in [1.29, 1.82) is 0 Å². The van der Waals surface area contributed by atoms with Crippen molar-refractivity contribution in [3.8, 4) is 0 Å². The van der Waals surface area contributed by atoms with Gasteiger partial charge in [0.05, 0.1) is 4.92 Å². The van der Waals surface area contributed by atoms with E-state index in [-0.39, 0.29) is 16.7 Å². The molecule has 0 aromatic heterocycles. The van der Waals surface area contributed by atoms with Crippen LogP contribution < -0.4 is 5.32 Å². The Morgan fingerprint density at radius 3 is 2.95 bits per heavy atom. The number of hydrogen-bond acceptors (Lipinski definition) is 4. The van der Waals surface area contributed by atoms with Gasteiger partial charge in [0.1, 0.15) is 0 Å². The lowest BCUT2D eigenvalue weighted by molar-refractivity contribution is -0.384. The average Bonchev–Trinajstić information content (AvgIpc) is 2.89. The molecule has 116 valence electrons. The molecule has 1 aromatic rings. The van der Waals surface area contributed by atoms with Crippen molar-refractivity contribution in [3.05, 3.63) is 39.9 Å². The first-order chi connectivity index (χ1) is 10.1. The first kappa shape index (κ1) is 15.9. The molecular weight excluding hydrogens is 266 g/mol. The van der Waals surface area contributed by atoms with Gasteiger partial charge in [-0.25, -0.2) is 0 Å². The lowest BCUT2D eigenvalue weighted by Crippen LogP contribution is -2.37. The molecule has 1 aliphatic heterocycles. The van der Waals surface area contributed by atoms with E-state index in [0.717, 1.165) is 24.9 Å². The van der Waals surface area contributed by atoms with Crippen molar-refractivity contribution in [3.63, 3.8) is 0 Å². The summed E-state index contributed by atoms with van der Waals surface area (Å²) >= 11 is 0. The highest BCUT2D eigenvalue weighted by Gasteiger charge is 2.22. The maximum atomic E-state index is 10.9. The maximum Gasteiger partial charge on any atom is 0.269 e. The molecule has 0 bridgehead atoms. The van der Waals surface area contributed by atoms with Gasteiger partial charge in [0.25, 0.3) is 5.69 Å². The van der Waals surface area contributed by atoms with Gasteiger partial charge in [0.15, 0.2) is 0 Å². The summed E-state index contributed by atoms with van der Waals surface area (Å²) in [5.74, 6) is 0. The summed E-state index contributed by atoms with van der Waals surface area (Å²) in [6.07, 6.45) is 4.55. The molecule has 0 aliphatic carbocycles. The predicted molar refractivity (Wildman–Crippen MR) is 84.4 cm³/mol. The standard InChI is InChI=1S/C16H25N3O2/c1-3-6-16(17-12-15-9-5-10-18(15)2)13-7-4-8-14(11-13)19(20)21/h4,7-8,11,15-17H,3,5-6,9-10,12H2,1-2H3. The summed E-state index contributed by atoms with van der Waals surface area (Å²) < 4.78 is 0. The van der Waals surface area contributed by atoms with E-state index in [4.69, 9.17) is 0 Å². The quantitative estimate of drug-likeness (QED) is 0.619. The van der Waals surface area contributed by atoms with Crippen LogP contribution in [0.25, 0.3) is 0 Å². The first-order valence-electron chi connectivity index (χ1n) is 7.79. The van der Waals surface area contributed by atoms with E-state index >= 15 is 0 Å². The maximum absolute atomic E-state index is 10.9. The summed E-state index contributed by atoms with van der Waals surface area (Å²) in [6, 6.07) is 7.80. The molecule has 1 heterocycles. The average molecular weight is 291 g/mol. The van der Waals surface area contributed by atoms with Crippen LogP contribution in [0.3, 0.4) is 0 Å². The van der Waals surface area contributed by atoms with Crippen molar-refractivity contribution < 1.29 is 4.92 Å². The van der Waals surface area contributed by atoms with E-state index in [1.54, 1.807) is 18.2 Å². The minimum Gasteiger partial charge on any atom is -0.308 e. The molecule has 0 spiro atoms. The van der Waals surface area contributed by atoms with Crippen LogP contribution in [-0.2, 0) is 0 Å². The Morgan fingerprint density at radius 2 is 2.33 bits per heavy atom. The largest absolute Gasteiger partial charge is 0.308 e. The topological polar surface area (TPSA) is 58.4 Å². The number of non-ortho nitro benzene ring substituents is 1. The number of nitro benzene ring substituents is 1. The van der Waals surface area contributed by atoms with Crippen molar-refractivity contribution in [2.45, 2.75) is 44.7 Å². The summed E-state index contributed by atoms with van der Waals surface area (Å²) in [6.45, 7) is 4.26. The van der Waals surface area contributed by atoms with Crippen LogP contribution >= 0.6 is 0 Å². The van der Waals surface area contributed by atoms with E-state index < -0.39 is 0 Å². The minimum absolute atomic E-state index is 0.174. The Balaban J connectivity index is 2.03. The highest BCUT2D eigenvalue weighted by Crippen LogP contribution is 2.23. The zero-order valence-electron chi connectivity index (χ0n) is 12.9. The van der Waals surface area contributed by atoms with Crippen molar-refractivity contribution in [2.24, 2.45) is 0 Å². The van der Waals surface area contributed by atoms with Crippen molar-refractivity contribution >= 4 is 5.69 Å². The molecular formula is C16H25N3O2. The summed E-state index contributed by atoms with van der Waals surface area (Å²) in [7, 11) is 2.17. The van der Waals surface area contributed by atoms with Crippen LogP contribution in [0.1, 0.15) is 44.2 Å². The Hall–Kier alpha value is -1.46. The molecule has 1 aliphatic rings. The number of hydrogen-bond donors (Lipinski definition) is 1. The van der Waals surface area contributed by atoms with E-state index in [9.17, 15) is 10.1 Å². The number of nitrogens with one attached hydrogen (secondary N) is 1. The Kier molecular flexibility index (Phi) is 5.70. The lowest BCUT2D eigenvalue weighted by Gasteiger charge is -2.24. The molecule has 2 unspecified atom stereocenters. The molecule has 2 rings (SSSR count). The molecule has 1 fully saturated rings. The van der Waals surface area contributed by atoms with Gasteiger partial charge >= 0.3 is 0 Å². The van der Waals surface area contributed by atoms with Crippen LogP contribution in [0, 0.1) is 10.1 Å². The molecule has 0 radical (unpaired) electrons. The zero-order chi connectivity index (χ0) is 15.2. The molecule has 21 heavy (non-hydrogen) atoms. The van der Waals surface area contributed by atoms with Crippen LogP contribution in [-0.4, -0.2) is 36.0 Å². The third kappa shape index (κ3) is 4.25. The van der Waals surface area contributed by atoms with Crippen LogP contribution in [0.15, 0.2) is 24.3 Å². The second-order valence-electron chi connectivity index (χ2n) is 5.88. The monoisotopic (exact) mass is 291 g/mol. The molecule has 5 heteroatoms. The molecule has 1 N–H and O–H groups in total. The zero-order valence-corrected chi connectivity index (χ0v) is 12.9. The number of likely N-dealkylation sites (tertiary alicyclic amines) is 1. The number of rotatable bonds is 7. The van der Waals surface area contributed by atoms with Gasteiger partial charge in [-0.1, -0.05) is 25.5 Å². The lowest BCUT2D eigenvalue weighted by atomic mass is 10.0. The predicted octanol–water partition coefficient (Wildman–Crippen LogP) is 3.12. The fraction of sp³-hybridized carbons (Fsp3) is 0.625. The second kappa shape index (κ2) is 7.52. The van der Waals surface area contributed by atoms with E-state index in [0.29, 0.717) is 6.04 Å². The summed E-state index contributed by atoms with van der Waals surface area (Å²) in [5.41, 5.74) is 1.19.